The van der Waals surface area contributed by atoms with Gasteiger partial charge in [-0.2, -0.15) is 0 Å². The molecule has 1 aliphatic rings. The second-order valence-electron chi connectivity index (χ2n) is 4.23. The van der Waals surface area contributed by atoms with E-state index in [0.29, 0.717) is 30.4 Å². The summed E-state index contributed by atoms with van der Waals surface area (Å²) in [6.07, 6.45) is 4.80. The van der Waals surface area contributed by atoms with Gasteiger partial charge in [-0.05, 0) is 25.8 Å². The fraction of sp³-hybridized carbons (Fsp3) is 0.462. The number of nitrogens with zero attached hydrogens (tertiary/aromatic N) is 1. The largest absolute Gasteiger partial charge is 0.397 e. The Bertz CT molecular complexity index is 475. The van der Waals surface area contributed by atoms with Gasteiger partial charge in [-0.15, -0.1) is 11.8 Å². The van der Waals surface area contributed by atoms with Gasteiger partial charge in [0.15, 0.2) is 0 Å². The predicted octanol–water partition coefficient (Wildman–Crippen LogP) is 1.55. The van der Waals surface area contributed by atoms with E-state index in [2.05, 4.69) is 17.2 Å². The molecular weight excluding hydrogens is 214 g/mol. The zero-order valence-electron chi connectivity index (χ0n) is 9.99. The van der Waals surface area contributed by atoms with Crippen LogP contribution >= 0.6 is 0 Å². The topological polar surface area (TPSA) is 60.1 Å². The highest BCUT2D eigenvalue weighted by molar-refractivity contribution is 5.93. The van der Waals surface area contributed by atoms with E-state index in [4.69, 9.17) is 5.73 Å². The SMILES string of the molecule is CC#CCCNC(=O)c1cc(N)cn1C1CC1. The molecule has 90 valence electrons. The van der Waals surface area contributed by atoms with Gasteiger partial charge in [-0.3, -0.25) is 4.79 Å². The molecule has 4 nitrogen and oxygen atoms in total. The highest BCUT2D eigenvalue weighted by Crippen LogP contribution is 2.37. The maximum Gasteiger partial charge on any atom is 0.268 e. The van der Waals surface area contributed by atoms with Crippen LogP contribution in [0.15, 0.2) is 12.3 Å². The van der Waals surface area contributed by atoms with Gasteiger partial charge in [0.05, 0.1) is 5.69 Å². The molecule has 0 unspecified atom stereocenters. The highest BCUT2D eigenvalue weighted by atomic mass is 16.1. The lowest BCUT2D eigenvalue weighted by Gasteiger charge is -2.07. The standard InChI is InChI=1S/C13H17N3O/c1-2-3-4-7-15-13(17)12-8-10(14)9-16(12)11-5-6-11/h8-9,11H,4-7,14H2,1H3,(H,15,17). The number of carbonyl (C=O) groups excluding carboxylic acids is 1. The lowest BCUT2D eigenvalue weighted by molar-refractivity contribution is 0.0945. The first-order valence-electron chi connectivity index (χ1n) is 5.87. The normalized spacial score (nSPS) is 13.9. The second kappa shape index (κ2) is 4.96. The average molecular weight is 231 g/mol. The van der Waals surface area contributed by atoms with Gasteiger partial charge < -0.3 is 15.6 Å². The number of amides is 1. The number of carbonyl (C=O) groups is 1. The van der Waals surface area contributed by atoms with Gasteiger partial charge >= 0.3 is 0 Å². The third-order valence-corrected chi connectivity index (χ3v) is 2.75. The number of aromatic nitrogens is 1. The molecule has 3 N–H and O–H groups in total. The molecule has 1 heterocycles. The van der Waals surface area contributed by atoms with Crippen LogP contribution in [0.25, 0.3) is 0 Å². The predicted molar refractivity (Wildman–Crippen MR) is 67.5 cm³/mol. The van der Waals surface area contributed by atoms with Crippen molar-refractivity contribution in [3.8, 4) is 11.8 Å². The third kappa shape index (κ3) is 2.82. The van der Waals surface area contributed by atoms with Gasteiger partial charge in [-0.1, -0.05) is 0 Å². The Morgan fingerprint density at radius 1 is 1.65 bits per heavy atom. The maximum absolute atomic E-state index is 11.9. The van der Waals surface area contributed by atoms with Gasteiger partial charge in [-0.25, -0.2) is 0 Å². The van der Waals surface area contributed by atoms with E-state index in [1.54, 1.807) is 13.0 Å². The Labute approximate surface area is 101 Å². The molecule has 1 aromatic heterocycles. The summed E-state index contributed by atoms with van der Waals surface area (Å²) in [6.45, 7) is 2.37. The number of rotatable bonds is 4. The Morgan fingerprint density at radius 2 is 2.41 bits per heavy atom. The zero-order chi connectivity index (χ0) is 12.3. The summed E-state index contributed by atoms with van der Waals surface area (Å²) < 4.78 is 1.98. The van der Waals surface area contributed by atoms with Crippen molar-refractivity contribution in [2.45, 2.75) is 32.2 Å². The summed E-state index contributed by atoms with van der Waals surface area (Å²) in [6, 6.07) is 2.20. The van der Waals surface area contributed by atoms with Crippen LogP contribution in [0.4, 0.5) is 5.69 Å². The highest BCUT2D eigenvalue weighted by Gasteiger charge is 2.27. The van der Waals surface area contributed by atoms with Crippen LogP contribution in [-0.4, -0.2) is 17.0 Å². The summed E-state index contributed by atoms with van der Waals surface area (Å²) in [5.74, 6) is 5.65. The molecule has 0 spiro atoms. The van der Waals surface area contributed by atoms with Crippen LogP contribution in [0.3, 0.4) is 0 Å². The van der Waals surface area contributed by atoms with E-state index < -0.39 is 0 Å². The molecule has 0 bridgehead atoms. The molecule has 1 saturated carbocycles. The Kier molecular flexibility index (Phi) is 3.38. The minimum Gasteiger partial charge on any atom is -0.397 e. The van der Waals surface area contributed by atoms with Gasteiger partial charge in [0, 0.05) is 25.2 Å². The summed E-state index contributed by atoms with van der Waals surface area (Å²) in [4.78, 5) is 11.9. The van der Waals surface area contributed by atoms with Crippen molar-refractivity contribution in [1.82, 2.24) is 9.88 Å². The lowest BCUT2D eigenvalue weighted by Crippen LogP contribution is -2.26. The Hall–Kier alpha value is -1.89. The molecule has 4 heteroatoms. The fourth-order valence-electron chi connectivity index (χ4n) is 1.79. The quantitative estimate of drug-likeness (QED) is 0.610. The van der Waals surface area contributed by atoms with Crippen LogP contribution in [-0.2, 0) is 0 Å². The van der Waals surface area contributed by atoms with Crippen LogP contribution in [0.1, 0.15) is 42.7 Å². The van der Waals surface area contributed by atoms with E-state index in [1.807, 2.05) is 10.8 Å². The number of nitrogen functional groups attached to an aromatic ring is 1. The van der Waals surface area contributed by atoms with E-state index >= 15 is 0 Å². The smallest absolute Gasteiger partial charge is 0.268 e. The molecule has 1 fully saturated rings. The molecule has 0 saturated heterocycles. The van der Waals surface area contributed by atoms with Gasteiger partial charge in [0.25, 0.3) is 5.91 Å². The molecule has 0 aliphatic heterocycles. The summed E-state index contributed by atoms with van der Waals surface area (Å²) >= 11 is 0. The molecule has 1 amide bonds. The lowest BCUT2D eigenvalue weighted by atomic mass is 10.3. The van der Waals surface area contributed by atoms with Crippen molar-refractivity contribution < 1.29 is 4.79 Å². The number of hydrogen-bond acceptors (Lipinski definition) is 2. The van der Waals surface area contributed by atoms with Crippen molar-refractivity contribution in [3.05, 3.63) is 18.0 Å². The van der Waals surface area contributed by atoms with Crippen molar-refractivity contribution in [1.29, 1.82) is 0 Å². The minimum absolute atomic E-state index is 0.0634. The van der Waals surface area contributed by atoms with Crippen molar-refractivity contribution >= 4 is 11.6 Å². The monoisotopic (exact) mass is 231 g/mol. The summed E-state index contributed by atoms with van der Waals surface area (Å²) in [5, 5.41) is 2.85. The first-order chi connectivity index (χ1) is 8.22. The van der Waals surface area contributed by atoms with Crippen molar-refractivity contribution in [2.24, 2.45) is 0 Å². The molecule has 17 heavy (non-hydrogen) atoms. The first kappa shape index (κ1) is 11.6. The van der Waals surface area contributed by atoms with Crippen molar-refractivity contribution in [3.63, 3.8) is 0 Å². The molecular formula is C13H17N3O. The second-order valence-corrected chi connectivity index (χ2v) is 4.23. The Morgan fingerprint density at radius 3 is 3.06 bits per heavy atom. The molecule has 1 aromatic rings. The number of nitrogens with one attached hydrogen (secondary N) is 1. The van der Waals surface area contributed by atoms with E-state index in [-0.39, 0.29) is 5.91 Å². The molecule has 0 radical (unpaired) electrons. The van der Waals surface area contributed by atoms with Gasteiger partial charge in [0.1, 0.15) is 5.69 Å². The molecule has 1 aliphatic carbocycles. The summed E-state index contributed by atoms with van der Waals surface area (Å²) in [7, 11) is 0. The van der Waals surface area contributed by atoms with Gasteiger partial charge in [0.2, 0.25) is 0 Å². The maximum atomic E-state index is 11.9. The van der Waals surface area contributed by atoms with E-state index in [0.717, 1.165) is 12.8 Å². The number of anilines is 1. The van der Waals surface area contributed by atoms with Crippen LogP contribution in [0.5, 0.6) is 0 Å². The molecule has 2 rings (SSSR count). The van der Waals surface area contributed by atoms with E-state index in [9.17, 15) is 4.79 Å². The molecule has 0 atom stereocenters. The molecule has 0 aromatic carbocycles. The van der Waals surface area contributed by atoms with Crippen LogP contribution in [0.2, 0.25) is 0 Å². The number of hydrogen-bond donors (Lipinski definition) is 2. The van der Waals surface area contributed by atoms with Crippen LogP contribution in [0, 0.1) is 11.8 Å². The van der Waals surface area contributed by atoms with Crippen molar-refractivity contribution in [2.75, 3.05) is 12.3 Å². The fourth-order valence-corrected chi connectivity index (χ4v) is 1.79. The third-order valence-electron chi connectivity index (χ3n) is 2.75. The average Bonchev–Trinajstić information content (AvgIpc) is 3.08. The first-order valence-corrected chi connectivity index (χ1v) is 5.87. The Balaban J connectivity index is 1.99. The number of nitrogens with two attached hydrogens (primary N) is 1. The van der Waals surface area contributed by atoms with Crippen LogP contribution < -0.4 is 11.1 Å². The minimum atomic E-state index is -0.0634. The summed E-state index contributed by atoms with van der Waals surface area (Å²) in [5.41, 5.74) is 7.05. The zero-order valence-corrected chi connectivity index (χ0v) is 9.99. The van der Waals surface area contributed by atoms with E-state index in [1.165, 1.54) is 0 Å².